The normalized spacial score (nSPS) is 21.1. The zero-order valence-electron chi connectivity index (χ0n) is 20.3. The van der Waals surface area contributed by atoms with E-state index >= 15 is 0 Å². The molecule has 4 atom stereocenters. The summed E-state index contributed by atoms with van der Waals surface area (Å²) in [5.41, 5.74) is 0.930. The maximum absolute atomic E-state index is 11.8. The molecular weight excluding hydrogens is 448 g/mol. The van der Waals surface area contributed by atoms with E-state index in [0.717, 1.165) is 11.1 Å². The number of hydrogen-bond acceptors (Lipinski definition) is 8. The Kier molecular flexibility index (Phi) is 7.19. The van der Waals surface area contributed by atoms with Crippen LogP contribution >= 0.6 is 0 Å². The van der Waals surface area contributed by atoms with Gasteiger partial charge in [0.15, 0.2) is 24.0 Å². The molecule has 35 heavy (non-hydrogen) atoms. The van der Waals surface area contributed by atoms with Crippen LogP contribution < -0.4 is 0 Å². The van der Waals surface area contributed by atoms with Gasteiger partial charge in [-0.05, 0) is 25.0 Å². The minimum atomic E-state index is -0.765. The van der Waals surface area contributed by atoms with Gasteiger partial charge in [0.25, 0.3) is 0 Å². The molecule has 2 aliphatic rings. The fraction of sp³-hybridized carbons (Fsp3) is 0.407. The fourth-order valence-corrected chi connectivity index (χ4v) is 4.24. The summed E-state index contributed by atoms with van der Waals surface area (Å²) in [7, 11) is 0. The highest BCUT2D eigenvalue weighted by Crippen LogP contribution is 2.35. The minimum absolute atomic E-state index is 0.266. The molecular formula is C27H30N2O6. The van der Waals surface area contributed by atoms with Crippen molar-refractivity contribution in [3.63, 3.8) is 0 Å². The van der Waals surface area contributed by atoms with Gasteiger partial charge >= 0.3 is 11.9 Å². The van der Waals surface area contributed by atoms with Crippen LogP contribution in [0.4, 0.5) is 0 Å². The van der Waals surface area contributed by atoms with Crippen molar-refractivity contribution in [1.29, 1.82) is 0 Å². The number of rotatable bonds is 8. The number of carbonyl (C=O) groups is 2. The Morgan fingerprint density at radius 3 is 1.49 bits per heavy atom. The molecule has 8 heteroatoms. The Balaban J connectivity index is 1.57. The van der Waals surface area contributed by atoms with E-state index in [1.165, 1.54) is 13.8 Å². The molecule has 4 rings (SSSR count). The van der Waals surface area contributed by atoms with Gasteiger partial charge < -0.3 is 18.9 Å². The maximum atomic E-state index is 11.8. The van der Waals surface area contributed by atoms with Crippen molar-refractivity contribution in [3.05, 3.63) is 71.8 Å². The smallest absolute Gasteiger partial charge is 0.303 e. The zero-order chi connectivity index (χ0) is 25.0. The first kappa shape index (κ1) is 24.4. The summed E-state index contributed by atoms with van der Waals surface area (Å²) in [6.45, 7) is 7.14. The van der Waals surface area contributed by atoms with E-state index in [1.807, 2.05) is 74.5 Å². The van der Waals surface area contributed by atoms with Gasteiger partial charge in [-0.15, -0.1) is 0 Å². The highest BCUT2D eigenvalue weighted by atomic mass is 16.6. The average Bonchev–Trinajstić information content (AvgIpc) is 3.53. The Hall–Kier alpha value is -3.68. The lowest BCUT2D eigenvalue weighted by Gasteiger charge is -2.22. The second-order valence-electron chi connectivity index (χ2n) is 9.13. The third-order valence-corrected chi connectivity index (χ3v) is 5.96. The number of benzene rings is 2. The molecule has 0 amide bonds. The first-order chi connectivity index (χ1) is 16.8. The third-order valence-electron chi connectivity index (χ3n) is 5.96. The summed E-state index contributed by atoms with van der Waals surface area (Å²) < 4.78 is 23.2. The predicted octanol–water partition coefficient (Wildman–Crippen LogP) is 4.22. The van der Waals surface area contributed by atoms with Crippen LogP contribution in [0.25, 0.3) is 0 Å². The molecule has 2 heterocycles. The van der Waals surface area contributed by atoms with E-state index in [1.54, 1.807) is 0 Å². The van der Waals surface area contributed by atoms with Crippen LogP contribution in [0, 0.1) is 5.41 Å². The SMILES string of the molecule is CC(=O)O[C@@H](c1ccccc1)[C@@H]1COC(C(C)(C)C2=N[C@H]([C@@H](OC(C)=O)c3ccccc3)CO2)=N1. The van der Waals surface area contributed by atoms with E-state index < -0.39 is 29.7 Å². The molecule has 0 N–H and O–H groups in total. The van der Waals surface area contributed by atoms with Crippen molar-refractivity contribution >= 4 is 23.7 Å². The zero-order valence-corrected chi connectivity index (χ0v) is 20.3. The first-order valence-electron chi connectivity index (χ1n) is 11.6. The molecule has 0 aromatic heterocycles. The second-order valence-corrected chi connectivity index (χ2v) is 9.13. The number of hydrogen-bond donors (Lipinski definition) is 0. The van der Waals surface area contributed by atoms with Crippen molar-refractivity contribution in [2.24, 2.45) is 15.4 Å². The molecule has 2 aromatic carbocycles. The summed E-state index contributed by atoms with van der Waals surface area (Å²) in [6, 6.07) is 18.2. The molecule has 0 saturated heterocycles. The van der Waals surface area contributed by atoms with Crippen molar-refractivity contribution in [2.75, 3.05) is 13.2 Å². The summed E-state index contributed by atoms with van der Waals surface area (Å²) in [4.78, 5) is 33.1. The van der Waals surface area contributed by atoms with Crippen molar-refractivity contribution < 1.29 is 28.5 Å². The van der Waals surface area contributed by atoms with Gasteiger partial charge in [0.05, 0.1) is 0 Å². The van der Waals surface area contributed by atoms with Gasteiger partial charge in [0, 0.05) is 13.8 Å². The summed E-state index contributed by atoms with van der Waals surface area (Å²) >= 11 is 0. The van der Waals surface area contributed by atoms with E-state index in [-0.39, 0.29) is 25.2 Å². The van der Waals surface area contributed by atoms with Gasteiger partial charge in [0.2, 0.25) is 0 Å². The Bertz CT molecular complexity index is 1030. The standard InChI is InChI=1S/C27H30N2O6/c1-17(30)34-23(19-11-7-5-8-12-19)21-15-32-25(28-21)27(3,4)26-29-22(16-33-26)24(35-18(2)31)20-13-9-6-10-14-20/h5-14,21-24H,15-16H2,1-4H3/t21-,22-,23-,24-/m0/s1. The van der Waals surface area contributed by atoms with Crippen molar-refractivity contribution in [2.45, 2.75) is 52.0 Å². The average molecular weight is 479 g/mol. The second kappa shape index (κ2) is 10.3. The molecule has 0 radical (unpaired) electrons. The molecule has 184 valence electrons. The lowest BCUT2D eigenvalue weighted by atomic mass is 9.92. The van der Waals surface area contributed by atoms with E-state index in [0.29, 0.717) is 11.8 Å². The quantitative estimate of drug-likeness (QED) is 0.527. The molecule has 0 spiro atoms. The van der Waals surface area contributed by atoms with Crippen LogP contribution in [0.2, 0.25) is 0 Å². The van der Waals surface area contributed by atoms with E-state index in [4.69, 9.17) is 28.9 Å². The van der Waals surface area contributed by atoms with Crippen LogP contribution in [-0.4, -0.2) is 49.0 Å². The van der Waals surface area contributed by atoms with Gasteiger partial charge in [0.1, 0.15) is 30.7 Å². The molecule has 2 aliphatic heterocycles. The lowest BCUT2D eigenvalue weighted by Crippen LogP contribution is -2.34. The monoisotopic (exact) mass is 478 g/mol. The molecule has 2 aromatic rings. The van der Waals surface area contributed by atoms with Gasteiger partial charge in [-0.2, -0.15) is 0 Å². The number of esters is 2. The topological polar surface area (TPSA) is 95.8 Å². The lowest BCUT2D eigenvalue weighted by molar-refractivity contribution is -0.148. The van der Waals surface area contributed by atoms with Crippen LogP contribution in [-0.2, 0) is 28.5 Å². The van der Waals surface area contributed by atoms with Gasteiger partial charge in [-0.25, -0.2) is 9.98 Å². The molecule has 0 bridgehead atoms. The Morgan fingerprint density at radius 1 is 0.771 bits per heavy atom. The number of aliphatic imine (C=N–C) groups is 2. The highest BCUT2D eigenvalue weighted by molar-refractivity contribution is 6.05. The van der Waals surface area contributed by atoms with Crippen LogP contribution in [0.15, 0.2) is 70.6 Å². The highest BCUT2D eigenvalue weighted by Gasteiger charge is 2.44. The summed E-state index contributed by atoms with van der Waals surface area (Å²) in [6.07, 6.45) is -1.12. The molecule has 0 fully saturated rings. The van der Waals surface area contributed by atoms with Gasteiger partial charge in [-0.3, -0.25) is 9.59 Å². The Labute approximate surface area is 205 Å². The van der Waals surface area contributed by atoms with Crippen LogP contribution in [0.1, 0.15) is 51.0 Å². The maximum Gasteiger partial charge on any atom is 0.303 e. The fourth-order valence-electron chi connectivity index (χ4n) is 4.24. The summed E-state index contributed by atoms with van der Waals surface area (Å²) in [5.74, 6) is 0.147. The first-order valence-corrected chi connectivity index (χ1v) is 11.6. The third kappa shape index (κ3) is 5.53. The number of carbonyl (C=O) groups excluding carboxylic acids is 2. The molecule has 8 nitrogen and oxygen atoms in total. The molecule has 0 saturated carbocycles. The number of nitrogens with zero attached hydrogens (tertiary/aromatic N) is 2. The molecule has 0 unspecified atom stereocenters. The number of ether oxygens (including phenoxy) is 4. The van der Waals surface area contributed by atoms with Crippen molar-refractivity contribution in [1.82, 2.24) is 0 Å². The van der Waals surface area contributed by atoms with E-state index in [9.17, 15) is 9.59 Å². The van der Waals surface area contributed by atoms with Gasteiger partial charge in [-0.1, -0.05) is 60.7 Å². The molecule has 0 aliphatic carbocycles. The van der Waals surface area contributed by atoms with E-state index in [2.05, 4.69) is 0 Å². The van der Waals surface area contributed by atoms with Crippen molar-refractivity contribution in [3.8, 4) is 0 Å². The largest absolute Gasteiger partial charge is 0.478 e. The predicted molar refractivity (Wildman–Crippen MR) is 130 cm³/mol. The Morgan fingerprint density at radius 2 is 1.14 bits per heavy atom. The summed E-state index contributed by atoms with van der Waals surface area (Å²) in [5, 5.41) is 0. The minimum Gasteiger partial charge on any atom is -0.478 e. The van der Waals surface area contributed by atoms with Crippen LogP contribution in [0.3, 0.4) is 0 Å². The van der Waals surface area contributed by atoms with Crippen LogP contribution in [0.5, 0.6) is 0 Å².